The molecule has 19 heavy (non-hydrogen) atoms. The Hall–Kier alpha value is -2.82. The van der Waals surface area contributed by atoms with E-state index in [1.807, 2.05) is 6.07 Å². The minimum Gasteiger partial charge on any atom is -0.508 e. The first-order valence-corrected chi connectivity index (χ1v) is 5.75. The van der Waals surface area contributed by atoms with Gasteiger partial charge in [0.1, 0.15) is 11.3 Å². The van der Waals surface area contributed by atoms with Crippen LogP contribution in [0, 0.1) is 0 Å². The molecule has 0 aliphatic carbocycles. The molecular formula is C14H8N2O3. The monoisotopic (exact) mass is 252 g/mol. The number of nitrogens with zero attached hydrogens (tertiary/aromatic N) is 1. The molecule has 5 nitrogen and oxygen atoms in total. The van der Waals surface area contributed by atoms with Gasteiger partial charge in [-0.15, -0.1) is 0 Å². The molecule has 0 aliphatic heterocycles. The van der Waals surface area contributed by atoms with E-state index in [2.05, 4.69) is 10.2 Å². The lowest BCUT2D eigenvalue weighted by Crippen LogP contribution is -1.99. The summed E-state index contributed by atoms with van der Waals surface area (Å²) in [6, 6.07) is 8.36. The van der Waals surface area contributed by atoms with Gasteiger partial charge in [-0.25, -0.2) is 4.79 Å². The second kappa shape index (κ2) is 3.35. The molecule has 2 heterocycles. The molecule has 2 aromatic heterocycles. The van der Waals surface area contributed by atoms with Gasteiger partial charge >= 0.3 is 5.63 Å². The van der Waals surface area contributed by atoms with Crippen molar-refractivity contribution in [3.8, 4) is 5.75 Å². The van der Waals surface area contributed by atoms with Crippen LogP contribution in [0.1, 0.15) is 0 Å². The number of hydrogen-bond donors (Lipinski definition) is 2. The van der Waals surface area contributed by atoms with E-state index >= 15 is 0 Å². The van der Waals surface area contributed by atoms with Crippen molar-refractivity contribution in [3.63, 3.8) is 0 Å². The highest BCUT2D eigenvalue weighted by atomic mass is 16.4. The standard InChI is InChI=1S/C14H8N2O3/c17-8-1-2-9-10-3-7-6-15-16-12(7)5-13(10)19-14(18)11(9)4-8/h1-6,17H,(H,15,16). The zero-order chi connectivity index (χ0) is 13.0. The molecule has 0 saturated carbocycles. The van der Waals surface area contributed by atoms with Crippen LogP contribution in [0.3, 0.4) is 0 Å². The number of phenols is 1. The van der Waals surface area contributed by atoms with Gasteiger partial charge in [0.05, 0.1) is 17.1 Å². The molecule has 0 fully saturated rings. The number of aromatic amines is 1. The molecule has 4 aromatic rings. The van der Waals surface area contributed by atoms with Crippen molar-refractivity contribution in [3.05, 3.63) is 46.9 Å². The van der Waals surface area contributed by atoms with Crippen LogP contribution in [0.2, 0.25) is 0 Å². The molecule has 0 unspecified atom stereocenters. The van der Waals surface area contributed by atoms with Crippen LogP contribution in [-0.4, -0.2) is 15.3 Å². The van der Waals surface area contributed by atoms with Gasteiger partial charge in [-0.2, -0.15) is 5.10 Å². The first-order chi connectivity index (χ1) is 9.22. The molecule has 4 rings (SSSR count). The number of H-pyrrole nitrogens is 1. The molecule has 0 aliphatic rings. The van der Waals surface area contributed by atoms with Gasteiger partial charge in [0.15, 0.2) is 0 Å². The maximum atomic E-state index is 11.9. The summed E-state index contributed by atoms with van der Waals surface area (Å²) in [7, 11) is 0. The van der Waals surface area contributed by atoms with E-state index in [9.17, 15) is 9.90 Å². The lowest BCUT2D eigenvalue weighted by molar-refractivity contribution is 0.475. The molecular weight excluding hydrogens is 244 g/mol. The predicted octanol–water partition coefficient (Wildman–Crippen LogP) is 2.53. The van der Waals surface area contributed by atoms with Crippen molar-refractivity contribution < 1.29 is 9.52 Å². The van der Waals surface area contributed by atoms with Crippen molar-refractivity contribution in [1.82, 2.24) is 10.2 Å². The van der Waals surface area contributed by atoms with E-state index in [1.54, 1.807) is 24.4 Å². The van der Waals surface area contributed by atoms with Crippen molar-refractivity contribution in [2.75, 3.05) is 0 Å². The van der Waals surface area contributed by atoms with Crippen LogP contribution in [0.25, 0.3) is 32.6 Å². The summed E-state index contributed by atoms with van der Waals surface area (Å²) in [5, 5.41) is 19.2. The zero-order valence-electron chi connectivity index (χ0n) is 9.68. The Kier molecular flexibility index (Phi) is 1.79. The van der Waals surface area contributed by atoms with Gasteiger partial charge in [-0.3, -0.25) is 5.10 Å². The number of nitrogens with one attached hydrogen (secondary N) is 1. The van der Waals surface area contributed by atoms with Crippen LogP contribution >= 0.6 is 0 Å². The average Bonchev–Trinajstić information content (AvgIpc) is 2.84. The van der Waals surface area contributed by atoms with E-state index in [0.717, 1.165) is 21.7 Å². The molecule has 5 heteroatoms. The van der Waals surface area contributed by atoms with Crippen LogP contribution in [0.15, 0.2) is 45.7 Å². The van der Waals surface area contributed by atoms with Crippen LogP contribution in [-0.2, 0) is 0 Å². The molecule has 92 valence electrons. The Morgan fingerprint density at radius 2 is 2.00 bits per heavy atom. The summed E-state index contributed by atoms with van der Waals surface area (Å²) >= 11 is 0. The van der Waals surface area contributed by atoms with E-state index in [-0.39, 0.29) is 5.75 Å². The summed E-state index contributed by atoms with van der Waals surface area (Å²) in [6.07, 6.45) is 1.71. The summed E-state index contributed by atoms with van der Waals surface area (Å²) in [6.45, 7) is 0. The van der Waals surface area contributed by atoms with Gasteiger partial charge < -0.3 is 9.52 Å². The number of phenolic OH excluding ortho intramolecular Hbond substituents is 1. The number of fused-ring (bicyclic) bond motifs is 4. The summed E-state index contributed by atoms with van der Waals surface area (Å²) in [5.74, 6) is 0.0449. The third-order valence-electron chi connectivity index (χ3n) is 3.26. The third-order valence-corrected chi connectivity index (χ3v) is 3.26. The largest absolute Gasteiger partial charge is 0.508 e. The van der Waals surface area contributed by atoms with Gasteiger partial charge in [0.25, 0.3) is 0 Å². The average molecular weight is 252 g/mol. The van der Waals surface area contributed by atoms with Gasteiger partial charge in [0, 0.05) is 22.2 Å². The Bertz CT molecular complexity index is 998. The lowest BCUT2D eigenvalue weighted by atomic mass is 10.1. The van der Waals surface area contributed by atoms with E-state index in [4.69, 9.17) is 4.42 Å². The maximum absolute atomic E-state index is 11.9. The molecule has 2 N–H and O–H groups in total. The number of aromatic hydroxyl groups is 1. The van der Waals surface area contributed by atoms with Crippen molar-refractivity contribution in [1.29, 1.82) is 0 Å². The van der Waals surface area contributed by atoms with E-state index < -0.39 is 5.63 Å². The molecule has 0 amide bonds. The summed E-state index contributed by atoms with van der Waals surface area (Å²) in [5.41, 5.74) is 0.853. The molecule has 2 aromatic carbocycles. The van der Waals surface area contributed by atoms with Crippen LogP contribution < -0.4 is 5.63 Å². The Morgan fingerprint density at radius 1 is 1.11 bits per heavy atom. The molecule has 0 saturated heterocycles. The topological polar surface area (TPSA) is 79.1 Å². The molecule has 0 bridgehead atoms. The maximum Gasteiger partial charge on any atom is 0.344 e. The molecule has 0 spiro atoms. The number of benzene rings is 2. The second-order valence-corrected chi connectivity index (χ2v) is 4.43. The fourth-order valence-corrected chi connectivity index (χ4v) is 2.36. The third kappa shape index (κ3) is 1.35. The van der Waals surface area contributed by atoms with Crippen molar-refractivity contribution in [2.45, 2.75) is 0 Å². The van der Waals surface area contributed by atoms with Gasteiger partial charge in [-0.05, 0) is 24.3 Å². The smallest absolute Gasteiger partial charge is 0.344 e. The molecule has 0 radical (unpaired) electrons. The Balaban J connectivity index is 2.32. The quantitative estimate of drug-likeness (QED) is 0.372. The highest BCUT2D eigenvalue weighted by molar-refractivity contribution is 6.08. The van der Waals surface area contributed by atoms with E-state index in [0.29, 0.717) is 11.0 Å². The first kappa shape index (κ1) is 10.1. The number of aromatic nitrogens is 2. The zero-order valence-corrected chi connectivity index (χ0v) is 9.68. The predicted molar refractivity (Wildman–Crippen MR) is 71.3 cm³/mol. The minimum atomic E-state index is -0.461. The second-order valence-electron chi connectivity index (χ2n) is 4.43. The number of rotatable bonds is 0. The van der Waals surface area contributed by atoms with E-state index in [1.165, 1.54) is 6.07 Å². The highest BCUT2D eigenvalue weighted by Gasteiger charge is 2.09. The van der Waals surface area contributed by atoms with Crippen molar-refractivity contribution >= 4 is 32.6 Å². The summed E-state index contributed by atoms with van der Waals surface area (Å²) < 4.78 is 5.29. The lowest BCUT2D eigenvalue weighted by Gasteiger charge is -2.03. The molecule has 0 atom stereocenters. The van der Waals surface area contributed by atoms with Crippen LogP contribution in [0.4, 0.5) is 0 Å². The fourth-order valence-electron chi connectivity index (χ4n) is 2.36. The normalized spacial score (nSPS) is 11.6. The SMILES string of the molecule is O=c1oc2cc3[nH]ncc3cc2c2ccc(O)cc12. The van der Waals surface area contributed by atoms with Crippen molar-refractivity contribution in [2.24, 2.45) is 0 Å². The number of hydrogen-bond acceptors (Lipinski definition) is 4. The Labute approximate surface area is 106 Å². The van der Waals surface area contributed by atoms with Crippen LogP contribution in [0.5, 0.6) is 5.75 Å². The first-order valence-electron chi connectivity index (χ1n) is 5.75. The Morgan fingerprint density at radius 3 is 2.89 bits per heavy atom. The minimum absolute atomic E-state index is 0.0449. The van der Waals surface area contributed by atoms with Gasteiger partial charge in [0.2, 0.25) is 0 Å². The highest BCUT2D eigenvalue weighted by Crippen LogP contribution is 2.28. The fraction of sp³-hybridized carbons (Fsp3) is 0. The summed E-state index contributed by atoms with van der Waals surface area (Å²) in [4.78, 5) is 11.9. The van der Waals surface area contributed by atoms with Gasteiger partial charge in [-0.1, -0.05) is 0 Å².